The molecule has 1 unspecified atom stereocenters. The summed E-state index contributed by atoms with van der Waals surface area (Å²) in [6.45, 7) is 2.75. The fraction of sp³-hybridized carbons (Fsp3) is 0.538. The van der Waals surface area contributed by atoms with E-state index in [0.29, 0.717) is 11.5 Å². The van der Waals surface area contributed by atoms with Crippen LogP contribution in [0.1, 0.15) is 23.2 Å². The van der Waals surface area contributed by atoms with Crippen molar-refractivity contribution in [3.63, 3.8) is 0 Å². The fourth-order valence-electron chi connectivity index (χ4n) is 2.25. The SMILES string of the molecule is CN(CC1CCCNC1)C(=O)c1ccc(=O)oc1. The van der Waals surface area contributed by atoms with Gasteiger partial charge in [0, 0.05) is 19.7 Å². The summed E-state index contributed by atoms with van der Waals surface area (Å²) < 4.78 is 4.70. The van der Waals surface area contributed by atoms with Crippen LogP contribution in [0.2, 0.25) is 0 Å². The lowest BCUT2D eigenvalue weighted by molar-refractivity contribution is 0.0762. The smallest absolute Gasteiger partial charge is 0.335 e. The second kappa shape index (κ2) is 5.82. The quantitative estimate of drug-likeness (QED) is 0.858. The van der Waals surface area contributed by atoms with Crippen LogP contribution in [-0.4, -0.2) is 37.5 Å². The van der Waals surface area contributed by atoms with Gasteiger partial charge in [0.2, 0.25) is 0 Å². The zero-order valence-corrected chi connectivity index (χ0v) is 10.5. The summed E-state index contributed by atoms with van der Waals surface area (Å²) in [5.74, 6) is 0.396. The van der Waals surface area contributed by atoms with E-state index < -0.39 is 5.63 Å². The third-order valence-corrected chi connectivity index (χ3v) is 3.23. The van der Waals surface area contributed by atoms with E-state index >= 15 is 0 Å². The topological polar surface area (TPSA) is 62.6 Å². The average Bonchev–Trinajstić information content (AvgIpc) is 2.40. The maximum absolute atomic E-state index is 12.1. The number of carbonyl (C=O) groups is 1. The highest BCUT2D eigenvalue weighted by molar-refractivity contribution is 5.93. The molecule has 1 N–H and O–H groups in total. The van der Waals surface area contributed by atoms with Gasteiger partial charge in [0.25, 0.3) is 5.91 Å². The van der Waals surface area contributed by atoms with Crippen molar-refractivity contribution in [2.45, 2.75) is 12.8 Å². The van der Waals surface area contributed by atoms with Gasteiger partial charge in [-0.05, 0) is 37.9 Å². The van der Waals surface area contributed by atoms with Gasteiger partial charge in [-0.1, -0.05) is 0 Å². The highest BCUT2D eigenvalue weighted by atomic mass is 16.4. The van der Waals surface area contributed by atoms with Gasteiger partial charge < -0.3 is 14.6 Å². The van der Waals surface area contributed by atoms with Crippen LogP contribution in [0.25, 0.3) is 0 Å². The van der Waals surface area contributed by atoms with E-state index in [0.717, 1.165) is 32.5 Å². The molecule has 1 amide bonds. The summed E-state index contributed by atoms with van der Waals surface area (Å²) in [7, 11) is 1.78. The predicted octanol–water partition coefficient (Wildman–Crippen LogP) is 0.711. The number of amides is 1. The third-order valence-electron chi connectivity index (χ3n) is 3.23. The molecule has 0 aromatic carbocycles. The van der Waals surface area contributed by atoms with Crippen LogP contribution >= 0.6 is 0 Å². The van der Waals surface area contributed by atoms with Crippen LogP contribution in [-0.2, 0) is 0 Å². The van der Waals surface area contributed by atoms with Crippen molar-refractivity contribution in [3.8, 4) is 0 Å². The van der Waals surface area contributed by atoms with Crippen LogP contribution in [0.4, 0.5) is 0 Å². The standard InChI is InChI=1S/C13H18N2O3/c1-15(8-10-3-2-6-14-7-10)13(17)11-4-5-12(16)18-9-11/h4-5,9-10,14H,2-3,6-8H2,1H3. The minimum absolute atomic E-state index is 0.107. The molecule has 2 rings (SSSR count). The lowest BCUT2D eigenvalue weighted by atomic mass is 9.99. The molecular formula is C13H18N2O3. The molecule has 1 aliphatic heterocycles. The molecule has 1 aromatic rings. The van der Waals surface area contributed by atoms with E-state index in [-0.39, 0.29) is 5.91 Å². The molecule has 1 aromatic heterocycles. The van der Waals surface area contributed by atoms with Crippen LogP contribution in [0, 0.1) is 5.92 Å². The van der Waals surface area contributed by atoms with E-state index in [9.17, 15) is 9.59 Å². The monoisotopic (exact) mass is 250 g/mol. The van der Waals surface area contributed by atoms with Gasteiger partial charge in [-0.3, -0.25) is 4.79 Å². The molecule has 98 valence electrons. The highest BCUT2D eigenvalue weighted by Gasteiger charge is 2.19. The van der Waals surface area contributed by atoms with Crippen molar-refractivity contribution in [3.05, 3.63) is 34.4 Å². The van der Waals surface area contributed by atoms with Crippen molar-refractivity contribution in [2.24, 2.45) is 5.92 Å². The Kier molecular flexibility index (Phi) is 4.15. The number of carbonyl (C=O) groups excluding carboxylic acids is 1. The zero-order valence-electron chi connectivity index (χ0n) is 10.5. The minimum Gasteiger partial charge on any atom is -0.430 e. The van der Waals surface area contributed by atoms with E-state index in [1.807, 2.05) is 0 Å². The molecule has 0 aliphatic carbocycles. The van der Waals surface area contributed by atoms with Gasteiger partial charge in [0.15, 0.2) is 0 Å². The first kappa shape index (κ1) is 12.8. The Morgan fingerprint density at radius 1 is 1.56 bits per heavy atom. The summed E-state index contributed by atoms with van der Waals surface area (Å²) >= 11 is 0. The largest absolute Gasteiger partial charge is 0.430 e. The first-order chi connectivity index (χ1) is 8.66. The number of rotatable bonds is 3. The second-order valence-electron chi connectivity index (χ2n) is 4.74. The molecule has 5 heteroatoms. The Balaban J connectivity index is 1.95. The summed E-state index contributed by atoms with van der Waals surface area (Å²) in [4.78, 5) is 24.6. The number of nitrogens with one attached hydrogen (secondary N) is 1. The molecule has 0 spiro atoms. The van der Waals surface area contributed by atoms with Gasteiger partial charge >= 0.3 is 5.63 Å². The van der Waals surface area contributed by atoms with Crippen molar-refractivity contribution in [2.75, 3.05) is 26.7 Å². The Labute approximate surface area is 106 Å². The van der Waals surface area contributed by atoms with E-state index in [2.05, 4.69) is 5.32 Å². The van der Waals surface area contributed by atoms with Crippen LogP contribution in [0.5, 0.6) is 0 Å². The summed E-state index contributed by atoms with van der Waals surface area (Å²) in [5, 5.41) is 3.33. The van der Waals surface area contributed by atoms with Crippen molar-refractivity contribution in [1.29, 1.82) is 0 Å². The number of nitrogens with zero attached hydrogens (tertiary/aromatic N) is 1. The van der Waals surface area contributed by atoms with Gasteiger partial charge in [0.1, 0.15) is 6.26 Å². The molecular weight excluding hydrogens is 232 g/mol. The second-order valence-corrected chi connectivity index (χ2v) is 4.74. The first-order valence-electron chi connectivity index (χ1n) is 6.22. The zero-order chi connectivity index (χ0) is 13.0. The maximum Gasteiger partial charge on any atom is 0.335 e. The normalized spacial score (nSPS) is 19.5. The summed E-state index contributed by atoms with van der Waals surface area (Å²) in [6.07, 6.45) is 3.53. The van der Waals surface area contributed by atoms with Gasteiger partial charge in [-0.2, -0.15) is 0 Å². The average molecular weight is 250 g/mol. The van der Waals surface area contributed by atoms with Gasteiger partial charge in [0.05, 0.1) is 5.56 Å². The van der Waals surface area contributed by atoms with E-state index in [1.165, 1.54) is 18.4 Å². The molecule has 0 radical (unpaired) electrons. The molecule has 18 heavy (non-hydrogen) atoms. The number of piperidine rings is 1. The molecule has 1 atom stereocenters. The van der Waals surface area contributed by atoms with Crippen molar-refractivity contribution in [1.82, 2.24) is 10.2 Å². The Morgan fingerprint density at radius 2 is 2.39 bits per heavy atom. The molecule has 0 bridgehead atoms. The minimum atomic E-state index is -0.439. The van der Waals surface area contributed by atoms with Gasteiger partial charge in [-0.25, -0.2) is 4.79 Å². The molecule has 2 heterocycles. The Morgan fingerprint density at radius 3 is 3.00 bits per heavy atom. The highest BCUT2D eigenvalue weighted by Crippen LogP contribution is 2.12. The molecule has 5 nitrogen and oxygen atoms in total. The van der Waals surface area contributed by atoms with Crippen LogP contribution in [0.15, 0.2) is 27.6 Å². The predicted molar refractivity (Wildman–Crippen MR) is 67.5 cm³/mol. The lowest BCUT2D eigenvalue weighted by Gasteiger charge is -2.27. The fourth-order valence-corrected chi connectivity index (χ4v) is 2.25. The summed E-state index contributed by atoms with van der Waals surface area (Å²) in [6, 6.07) is 2.77. The molecule has 1 fully saturated rings. The van der Waals surface area contributed by atoms with Crippen molar-refractivity contribution >= 4 is 5.91 Å². The lowest BCUT2D eigenvalue weighted by Crippen LogP contribution is -2.39. The number of hydrogen-bond donors (Lipinski definition) is 1. The van der Waals surface area contributed by atoms with Gasteiger partial charge in [-0.15, -0.1) is 0 Å². The Bertz CT molecular complexity index is 443. The van der Waals surface area contributed by atoms with E-state index in [1.54, 1.807) is 11.9 Å². The summed E-state index contributed by atoms with van der Waals surface area (Å²) in [5.41, 5.74) is -0.0217. The van der Waals surface area contributed by atoms with Crippen LogP contribution in [0.3, 0.4) is 0 Å². The van der Waals surface area contributed by atoms with Crippen molar-refractivity contribution < 1.29 is 9.21 Å². The number of hydrogen-bond acceptors (Lipinski definition) is 4. The third kappa shape index (κ3) is 3.20. The molecule has 1 aliphatic rings. The molecule has 1 saturated heterocycles. The Hall–Kier alpha value is -1.62. The first-order valence-corrected chi connectivity index (χ1v) is 6.22. The van der Waals surface area contributed by atoms with E-state index in [4.69, 9.17) is 4.42 Å². The van der Waals surface area contributed by atoms with Crippen LogP contribution < -0.4 is 10.9 Å². The maximum atomic E-state index is 12.1. The molecule has 0 saturated carbocycles.